The molecule has 0 saturated carbocycles. The number of anilines is 1. The van der Waals surface area contributed by atoms with Gasteiger partial charge < -0.3 is 10.4 Å². The molecule has 1 aromatic carbocycles. The monoisotopic (exact) mass is 295 g/mol. The zero-order valence-corrected chi connectivity index (χ0v) is 11.6. The molecule has 0 spiro atoms. The Morgan fingerprint density at radius 1 is 1.33 bits per heavy atom. The van der Waals surface area contributed by atoms with E-state index in [4.69, 9.17) is 0 Å². The molecule has 0 unspecified atom stereocenters. The minimum absolute atomic E-state index is 0.120. The van der Waals surface area contributed by atoms with Gasteiger partial charge in [0, 0.05) is 12.1 Å². The van der Waals surface area contributed by atoms with E-state index < -0.39 is 23.6 Å². The number of aromatic nitrogens is 2. The first-order valence-electron chi connectivity index (χ1n) is 6.53. The maximum atomic E-state index is 13.2. The molecule has 1 heterocycles. The van der Waals surface area contributed by atoms with E-state index in [2.05, 4.69) is 15.3 Å². The summed E-state index contributed by atoms with van der Waals surface area (Å²) in [5, 5.41) is 12.0. The van der Waals surface area contributed by atoms with E-state index in [0.717, 1.165) is 12.1 Å². The molecule has 1 aromatic heterocycles. The first-order valence-corrected chi connectivity index (χ1v) is 6.53. The number of hydrogen-bond acceptors (Lipinski definition) is 4. The van der Waals surface area contributed by atoms with Crippen LogP contribution in [-0.2, 0) is 4.79 Å². The lowest BCUT2D eigenvalue weighted by atomic mass is 9.99. The first-order chi connectivity index (χ1) is 9.92. The Morgan fingerprint density at radius 3 is 2.52 bits per heavy atom. The topological polar surface area (TPSA) is 75.1 Å². The fraction of sp³-hybridized carbons (Fsp3) is 0.357. The molecule has 0 aliphatic carbocycles. The molecule has 0 saturated heterocycles. The number of halogens is 2. The summed E-state index contributed by atoms with van der Waals surface area (Å²) in [5.41, 5.74) is 0.363. The number of carbonyl (C=O) groups is 1. The summed E-state index contributed by atoms with van der Waals surface area (Å²) in [7, 11) is 0. The Bertz CT molecular complexity index is 679. The van der Waals surface area contributed by atoms with Gasteiger partial charge in [-0.1, -0.05) is 20.3 Å². The van der Waals surface area contributed by atoms with Crippen molar-refractivity contribution in [1.82, 2.24) is 9.97 Å². The molecule has 0 bridgehead atoms. The van der Waals surface area contributed by atoms with E-state index in [1.165, 1.54) is 6.20 Å². The maximum Gasteiger partial charge on any atom is 0.326 e. The number of benzene rings is 1. The Kier molecular flexibility index (Phi) is 4.30. The van der Waals surface area contributed by atoms with E-state index in [1.54, 1.807) is 6.92 Å². The van der Waals surface area contributed by atoms with Crippen molar-refractivity contribution in [2.45, 2.75) is 26.3 Å². The number of hydrogen-bond donors (Lipinski definition) is 2. The lowest BCUT2D eigenvalue weighted by Crippen LogP contribution is -2.35. The van der Waals surface area contributed by atoms with Crippen molar-refractivity contribution >= 4 is 22.8 Å². The molecule has 2 aromatic rings. The molecule has 2 atom stereocenters. The summed E-state index contributed by atoms with van der Waals surface area (Å²) in [4.78, 5) is 19.3. The van der Waals surface area contributed by atoms with Crippen molar-refractivity contribution in [1.29, 1.82) is 0 Å². The van der Waals surface area contributed by atoms with E-state index in [0.29, 0.717) is 6.42 Å². The van der Waals surface area contributed by atoms with Gasteiger partial charge in [0.2, 0.25) is 0 Å². The minimum Gasteiger partial charge on any atom is -0.480 e. The molecule has 0 amide bonds. The SMILES string of the molecule is CC[C@H](C)[C@H](Nc1cnc2cc(F)c(F)cc2n1)C(=O)O. The summed E-state index contributed by atoms with van der Waals surface area (Å²) in [5.74, 6) is -2.94. The third kappa shape index (κ3) is 3.24. The summed E-state index contributed by atoms with van der Waals surface area (Å²) in [6.07, 6.45) is 1.98. The van der Waals surface area contributed by atoms with Gasteiger partial charge in [0.25, 0.3) is 0 Å². The molecule has 5 nitrogen and oxygen atoms in total. The molecule has 2 rings (SSSR count). The summed E-state index contributed by atoms with van der Waals surface area (Å²) in [6.45, 7) is 3.68. The molecule has 2 N–H and O–H groups in total. The fourth-order valence-corrected chi connectivity index (χ4v) is 1.92. The zero-order valence-electron chi connectivity index (χ0n) is 11.6. The lowest BCUT2D eigenvalue weighted by Gasteiger charge is -2.20. The Morgan fingerprint density at radius 2 is 1.95 bits per heavy atom. The van der Waals surface area contributed by atoms with Gasteiger partial charge in [-0.05, 0) is 5.92 Å². The molecule has 0 aliphatic rings. The van der Waals surface area contributed by atoms with Crippen LogP contribution in [0, 0.1) is 17.6 Å². The number of nitrogens with one attached hydrogen (secondary N) is 1. The largest absolute Gasteiger partial charge is 0.480 e. The second-order valence-corrected chi connectivity index (χ2v) is 4.86. The van der Waals surface area contributed by atoms with E-state index in [9.17, 15) is 18.7 Å². The van der Waals surface area contributed by atoms with Crippen molar-refractivity contribution in [3.63, 3.8) is 0 Å². The Labute approximate surface area is 120 Å². The molecule has 0 radical (unpaired) electrons. The number of carboxylic acids is 1. The molecule has 7 heteroatoms. The number of carboxylic acid groups (broad SMARTS) is 1. The van der Waals surface area contributed by atoms with Crippen LogP contribution in [0.5, 0.6) is 0 Å². The van der Waals surface area contributed by atoms with Crippen LogP contribution in [0.3, 0.4) is 0 Å². The van der Waals surface area contributed by atoms with Crippen LogP contribution in [0.4, 0.5) is 14.6 Å². The maximum absolute atomic E-state index is 13.2. The highest BCUT2D eigenvalue weighted by Crippen LogP contribution is 2.18. The van der Waals surface area contributed by atoms with Crippen LogP contribution in [0.1, 0.15) is 20.3 Å². The highest BCUT2D eigenvalue weighted by molar-refractivity contribution is 5.79. The second kappa shape index (κ2) is 5.99. The van der Waals surface area contributed by atoms with Crippen LogP contribution in [-0.4, -0.2) is 27.1 Å². The normalized spacial score (nSPS) is 13.9. The van der Waals surface area contributed by atoms with Crippen LogP contribution in [0.2, 0.25) is 0 Å². The molecule has 112 valence electrons. The fourth-order valence-electron chi connectivity index (χ4n) is 1.92. The third-order valence-electron chi connectivity index (χ3n) is 3.37. The third-order valence-corrected chi connectivity index (χ3v) is 3.37. The molecular weight excluding hydrogens is 280 g/mol. The molecule has 0 fully saturated rings. The number of aliphatic carboxylic acids is 1. The predicted octanol–water partition coefficient (Wildman–Crippen LogP) is 2.82. The van der Waals surface area contributed by atoms with Gasteiger partial charge >= 0.3 is 5.97 Å². The van der Waals surface area contributed by atoms with Gasteiger partial charge in [-0.25, -0.2) is 18.6 Å². The highest BCUT2D eigenvalue weighted by Gasteiger charge is 2.23. The van der Waals surface area contributed by atoms with Crippen LogP contribution in [0.25, 0.3) is 11.0 Å². The highest BCUT2D eigenvalue weighted by atomic mass is 19.2. The van der Waals surface area contributed by atoms with Crippen LogP contribution in [0.15, 0.2) is 18.3 Å². The minimum atomic E-state index is -1.02. The second-order valence-electron chi connectivity index (χ2n) is 4.86. The first kappa shape index (κ1) is 15.1. The van der Waals surface area contributed by atoms with E-state index in [1.807, 2.05) is 6.92 Å². The Hall–Kier alpha value is -2.31. The van der Waals surface area contributed by atoms with E-state index in [-0.39, 0.29) is 22.8 Å². The summed E-state index contributed by atoms with van der Waals surface area (Å²) < 4.78 is 26.3. The van der Waals surface area contributed by atoms with Crippen molar-refractivity contribution in [2.24, 2.45) is 5.92 Å². The predicted molar refractivity (Wildman–Crippen MR) is 74.0 cm³/mol. The molecule has 21 heavy (non-hydrogen) atoms. The Balaban J connectivity index is 2.34. The van der Waals surface area contributed by atoms with Gasteiger partial charge in [0.1, 0.15) is 11.9 Å². The standard InChI is InChI=1S/C14H15F2N3O2/c1-3-7(2)13(14(20)21)19-12-6-17-10-4-8(15)9(16)5-11(10)18-12/h4-7,13H,3H2,1-2H3,(H,18,19)(H,20,21)/t7-,13-/m0/s1. The molecular formula is C14H15F2N3O2. The number of rotatable bonds is 5. The van der Waals surface area contributed by atoms with Crippen molar-refractivity contribution in [3.05, 3.63) is 30.0 Å². The van der Waals surface area contributed by atoms with Gasteiger partial charge in [0.15, 0.2) is 11.6 Å². The average molecular weight is 295 g/mol. The average Bonchev–Trinajstić information content (AvgIpc) is 2.45. The van der Waals surface area contributed by atoms with Gasteiger partial charge in [-0.15, -0.1) is 0 Å². The smallest absolute Gasteiger partial charge is 0.326 e. The number of nitrogens with zero attached hydrogens (tertiary/aromatic N) is 2. The van der Waals surface area contributed by atoms with Crippen molar-refractivity contribution in [2.75, 3.05) is 5.32 Å². The van der Waals surface area contributed by atoms with Crippen molar-refractivity contribution < 1.29 is 18.7 Å². The molecule has 0 aliphatic heterocycles. The van der Waals surface area contributed by atoms with Crippen LogP contribution >= 0.6 is 0 Å². The number of fused-ring (bicyclic) bond motifs is 1. The zero-order chi connectivity index (χ0) is 15.6. The van der Waals surface area contributed by atoms with Crippen LogP contribution < -0.4 is 5.32 Å². The van der Waals surface area contributed by atoms with Crippen molar-refractivity contribution in [3.8, 4) is 0 Å². The van der Waals surface area contributed by atoms with Gasteiger partial charge in [-0.3, -0.25) is 4.98 Å². The van der Waals surface area contributed by atoms with Gasteiger partial charge in [0.05, 0.1) is 17.2 Å². The summed E-state index contributed by atoms with van der Waals surface area (Å²) >= 11 is 0. The summed E-state index contributed by atoms with van der Waals surface area (Å²) in [6, 6.07) is 1.05. The quantitative estimate of drug-likeness (QED) is 0.887. The lowest BCUT2D eigenvalue weighted by molar-refractivity contribution is -0.139. The van der Waals surface area contributed by atoms with E-state index >= 15 is 0 Å². The van der Waals surface area contributed by atoms with Gasteiger partial charge in [-0.2, -0.15) is 0 Å².